The second-order valence-corrected chi connectivity index (χ2v) is 6.62. The standard InChI is InChI=1S/C17H21ClN2O3/c1-10(19-17(22)11-4-2-5-11)16(21)20-14-8-9-23-15-12(14)6-3-7-13(15)18/h3,6-7,10-11,14H,2,4-5,8-9H2,1H3,(H,19,22)(H,20,21)/t10-,14-/m1/s1. The summed E-state index contributed by atoms with van der Waals surface area (Å²) in [5.74, 6) is 0.509. The van der Waals surface area contributed by atoms with Crippen LogP contribution in [0.25, 0.3) is 0 Å². The number of amides is 2. The molecule has 2 N–H and O–H groups in total. The molecule has 0 bridgehead atoms. The molecule has 1 aromatic rings. The number of benzene rings is 1. The molecule has 23 heavy (non-hydrogen) atoms. The number of nitrogens with one attached hydrogen (secondary N) is 2. The Bertz CT molecular complexity index is 616. The summed E-state index contributed by atoms with van der Waals surface area (Å²) in [7, 11) is 0. The molecule has 0 unspecified atom stereocenters. The van der Waals surface area contributed by atoms with Crippen molar-refractivity contribution >= 4 is 23.4 Å². The van der Waals surface area contributed by atoms with E-state index in [1.54, 1.807) is 13.0 Å². The SMILES string of the molecule is C[C@@H](NC(=O)C1CCC1)C(=O)N[C@@H]1CCOc2c(Cl)cccc21. The van der Waals surface area contributed by atoms with E-state index in [9.17, 15) is 9.59 Å². The van der Waals surface area contributed by atoms with Crippen molar-refractivity contribution in [3.8, 4) is 5.75 Å². The quantitative estimate of drug-likeness (QED) is 0.888. The van der Waals surface area contributed by atoms with Crippen LogP contribution in [0.2, 0.25) is 5.02 Å². The van der Waals surface area contributed by atoms with Gasteiger partial charge in [-0.1, -0.05) is 30.2 Å². The van der Waals surface area contributed by atoms with Crippen LogP contribution in [0.1, 0.15) is 44.2 Å². The number of hydrogen-bond donors (Lipinski definition) is 2. The number of carbonyl (C=O) groups excluding carboxylic acids is 2. The molecule has 0 spiro atoms. The maximum Gasteiger partial charge on any atom is 0.242 e. The Hall–Kier alpha value is -1.75. The Morgan fingerprint density at radius 2 is 2.09 bits per heavy atom. The highest BCUT2D eigenvalue weighted by Crippen LogP contribution is 2.37. The van der Waals surface area contributed by atoms with Crippen molar-refractivity contribution in [2.24, 2.45) is 5.92 Å². The minimum absolute atomic E-state index is 0.0191. The Morgan fingerprint density at radius 1 is 1.30 bits per heavy atom. The Labute approximate surface area is 140 Å². The van der Waals surface area contributed by atoms with Gasteiger partial charge in [0.05, 0.1) is 17.7 Å². The zero-order valence-electron chi connectivity index (χ0n) is 13.1. The second kappa shape index (κ2) is 6.79. The largest absolute Gasteiger partial charge is 0.492 e. The summed E-state index contributed by atoms with van der Waals surface area (Å²) >= 11 is 6.14. The minimum atomic E-state index is -0.548. The van der Waals surface area contributed by atoms with Crippen LogP contribution >= 0.6 is 11.6 Å². The van der Waals surface area contributed by atoms with Crippen molar-refractivity contribution in [3.05, 3.63) is 28.8 Å². The van der Waals surface area contributed by atoms with Gasteiger partial charge in [-0.2, -0.15) is 0 Å². The number of carbonyl (C=O) groups is 2. The zero-order valence-corrected chi connectivity index (χ0v) is 13.9. The molecule has 1 heterocycles. The van der Waals surface area contributed by atoms with Crippen molar-refractivity contribution in [1.29, 1.82) is 0 Å². The van der Waals surface area contributed by atoms with E-state index in [2.05, 4.69) is 10.6 Å². The molecular formula is C17H21ClN2O3. The number of para-hydroxylation sites is 1. The minimum Gasteiger partial charge on any atom is -0.492 e. The fourth-order valence-electron chi connectivity index (χ4n) is 2.90. The van der Waals surface area contributed by atoms with E-state index in [0.29, 0.717) is 23.8 Å². The molecule has 1 aromatic carbocycles. The molecule has 1 saturated carbocycles. The van der Waals surface area contributed by atoms with Gasteiger partial charge in [0.15, 0.2) is 0 Å². The van der Waals surface area contributed by atoms with Crippen molar-refractivity contribution in [3.63, 3.8) is 0 Å². The second-order valence-electron chi connectivity index (χ2n) is 6.21. The van der Waals surface area contributed by atoms with Gasteiger partial charge in [-0.3, -0.25) is 9.59 Å². The van der Waals surface area contributed by atoms with Crippen LogP contribution < -0.4 is 15.4 Å². The smallest absolute Gasteiger partial charge is 0.242 e. The van der Waals surface area contributed by atoms with E-state index in [1.165, 1.54) is 0 Å². The predicted octanol–water partition coefficient (Wildman–Crippen LogP) is 2.58. The van der Waals surface area contributed by atoms with Crippen molar-refractivity contribution < 1.29 is 14.3 Å². The van der Waals surface area contributed by atoms with E-state index < -0.39 is 6.04 Å². The predicted molar refractivity (Wildman–Crippen MR) is 87.4 cm³/mol. The average molecular weight is 337 g/mol. The van der Waals surface area contributed by atoms with Gasteiger partial charge in [0.25, 0.3) is 0 Å². The Kier molecular flexibility index (Phi) is 4.76. The first kappa shape index (κ1) is 16.1. The number of fused-ring (bicyclic) bond motifs is 1. The van der Waals surface area contributed by atoms with Crippen LogP contribution in [0.5, 0.6) is 5.75 Å². The molecule has 6 heteroatoms. The van der Waals surface area contributed by atoms with Crippen molar-refractivity contribution in [2.75, 3.05) is 6.61 Å². The lowest BCUT2D eigenvalue weighted by atomic mass is 9.84. The van der Waals surface area contributed by atoms with Gasteiger partial charge in [0.1, 0.15) is 11.8 Å². The highest BCUT2D eigenvalue weighted by Gasteiger charge is 2.29. The number of ether oxygens (including phenoxy) is 1. The van der Waals surface area contributed by atoms with E-state index in [4.69, 9.17) is 16.3 Å². The summed E-state index contributed by atoms with van der Waals surface area (Å²) in [5.41, 5.74) is 0.884. The van der Waals surface area contributed by atoms with Gasteiger partial charge in [-0.25, -0.2) is 0 Å². The van der Waals surface area contributed by atoms with Crippen LogP contribution in [-0.4, -0.2) is 24.5 Å². The molecule has 2 atom stereocenters. The van der Waals surface area contributed by atoms with Crippen molar-refractivity contribution in [2.45, 2.75) is 44.7 Å². The lowest BCUT2D eigenvalue weighted by Crippen LogP contribution is -2.48. The highest BCUT2D eigenvalue weighted by molar-refractivity contribution is 6.32. The lowest BCUT2D eigenvalue weighted by molar-refractivity contribution is -0.132. The molecule has 5 nitrogen and oxygen atoms in total. The van der Waals surface area contributed by atoms with E-state index in [1.807, 2.05) is 12.1 Å². The number of halogens is 1. The number of rotatable bonds is 4. The van der Waals surface area contributed by atoms with Crippen LogP contribution in [0.3, 0.4) is 0 Å². The first-order valence-electron chi connectivity index (χ1n) is 8.08. The summed E-state index contributed by atoms with van der Waals surface area (Å²) in [6, 6.07) is 4.83. The maximum absolute atomic E-state index is 12.4. The topological polar surface area (TPSA) is 67.4 Å². The van der Waals surface area contributed by atoms with Crippen LogP contribution in [0.15, 0.2) is 18.2 Å². The van der Waals surface area contributed by atoms with Gasteiger partial charge in [-0.05, 0) is 25.8 Å². The Morgan fingerprint density at radius 3 is 2.78 bits per heavy atom. The van der Waals surface area contributed by atoms with Crippen LogP contribution in [0, 0.1) is 5.92 Å². The molecule has 124 valence electrons. The van der Waals surface area contributed by atoms with E-state index in [-0.39, 0.29) is 23.8 Å². The third-order valence-electron chi connectivity index (χ3n) is 4.57. The zero-order chi connectivity index (χ0) is 16.4. The molecule has 3 rings (SSSR count). The molecule has 0 radical (unpaired) electrons. The lowest BCUT2D eigenvalue weighted by Gasteiger charge is -2.29. The van der Waals surface area contributed by atoms with Gasteiger partial charge in [0, 0.05) is 17.9 Å². The summed E-state index contributed by atoms with van der Waals surface area (Å²) in [5, 5.41) is 6.34. The van der Waals surface area contributed by atoms with Gasteiger partial charge in [-0.15, -0.1) is 0 Å². The molecule has 1 aliphatic heterocycles. The number of hydrogen-bond acceptors (Lipinski definition) is 3. The van der Waals surface area contributed by atoms with Gasteiger partial charge < -0.3 is 15.4 Å². The molecule has 0 saturated heterocycles. The van der Waals surface area contributed by atoms with E-state index >= 15 is 0 Å². The molecule has 1 fully saturated rings. The van der Waals surface area contributed by atoms with Crippen LogP contribution in [0.4, 0.5) is 0 Å². The maximum atomic E-state index is 12.4. The molecular weight excluding hydrogens is 316 g/mol. The monoisotopic (exact) mass is 336 g/mol. The fraction of sp³-hybridized carbons (Fsp3) is 0.529. The highest BCUT2D eigenvalue weighted by atomic mass is 35.5. The van der Waals surface area contributed by atoms with Gasteiger partial charge in [0.2, 0.25) is 11.8 Å². The molecule has 0 aromatic heterocycles. The summed E-state index contributed by atoms with van der Waals surface area (Å²) < 4.78 is 5.59. The van der Waals surface area contributed by atoms with Crippen molar-refractivity contribution in [1.82, 2.24) is 10.6 Å². The summed E-state index contributed by atoms with van der Waals surface area (Å²) in [6.07, 6.45) is 3.62. The van der Waals surface area contributed by atoms with Gasteiger partial charge >= 0.3 is 0 Å². The molecule has 1 aliphatic carbocycles. The fourth-order valence-corrected chi connectivity index (χ4v) is 3.14. The molecule has 2 amide bonds. The van der Waals surface area contributed by atoms with E-state index in [0.717, 1.165) is 24.8 Å². The summed E-state index contributed by atoms with van der Waals surface area (Å²) in [6.45, 7) is 2.22. The summed E-state index contributed by atoms with van der Waals surface area (Å²) in [4.78, 5) is 24.3. The third kappa shape index (κ3) is 3.44. The average Bonchev–Trinajstić information content (AvgIpc) is 2.46. The first-order chi connectivity index (χ1) is 11.1. The third-order valence-corrected chi connectivity index (χ3v) is 4.87. The molecule has 2 aliphatic rings. The Balaban J connectivity index is 1.62. The first-order valence-corrected chi connectivity index (χ1v) is 8.46. The van der Waals surface area contributed by atoms with Crippen LogP contribution in [-0.2, 0) is 9.59 Å². The normalized spacial score (nSPS) is 21.4.